The Morgan fingerprint density at radius 3 is 1.00 bits per heavy atom. The first-order valence-electron chi connectivity index (χ1n) is 1.99. The maximum absolute atomic E-state index is 4.83. The summed E-state index contributed by atoms with van der Waals surface area (Å²) in [5.41, 5.74) is 0. The van der Waals surface area contributed by atoms with Gasteiger partial charge in [0.2, 0.25) is 0 Å². The van der Waals surface area contributed by atoms with Crippen LogP contribution in [0.5, 0.6) is 0 Å². The molecule has 71 valence electrons. The zero-order valence-corrected chi connectivity index (χ0v) is 12.5. The van der Waals surface area contributed by atoms with Gasteiger partial charge in [0, 0.05) is 52.3 Å². The summed E-state index contributed by atoms with van der Waals surface area (Å²) in [5.74, 6) is 0. The molecule has 0 atom stereocenters. The van der Waals surface area contributed by atoms with Gasteiger partial charge in [-0.2, -0.15) is 0 Å². The molecule has 0 aromatic rings. The molecule has 0 aliphatic carbocycles. The molecule has 11 heavy (non-hydrogen) atoms. The van der Waals surface area contributed by atoms with E-state index in [1.54, 1.807) is 0 Å². The molecule has 0 spiro atoms. The summed E-state index contributed by atoms with van der Waals surface area (Å²) in [5, 5.41) is 0. The fourth-order valence-corrected chi connectivity index (χ4v) is 0.204. The van der Waals surface area contributed by atoms with Gasteiger partial charge in [-0.25, -0.2) is 0 Å². The third-order valence-corrected chi connectivity index (χ3v) is 0.408. The van der Waals surface area contributed by atoms with Crippen LogP contribution in [0.15, 0.2) is 0 Å². The summed E-state index contributed by atoms with van der Waals surface area (Å²) in [4.78, 5) is 0. The average molecular weight is 295 g/mol. The summed E-state index contributed by atoms with van der Waals surface area (Å²) in [6, 6.07) is 0. The van der Waals surface area contributed by atoms with E-state index in [4.69, 9.17) is 4.74 Å². The normalized spacial score (nSPS) is 3.82. The standard InChI is InChI=1S/C4H10O.Al.4ClH.Ti/c1-3-5-4-2;;;;;;/h3-4H2,1-2H3;;4*1H;. The van der Waals surface area contributed by atoms with Crippen LogP contribution in [0.2, 0.25) is 0 Å². The molecule has 0 saturated carbocycles. The van der Waals surface area contributed by atoms with Crippen molar-refractivity contribution in [3.8, 4) is 0 Å². The number of ether oxygens (including phenoxy) is 1. The van der Waals surface area contributed by atoms with Gasteiger partial charge in [0.15, 0.2) is 0 Å². The number of halogens is 4. The van der Waals surface area contributed by atoms with E-state index in [0.717, 1.165) is 13.2 Å². The van der Waals surface area contributed by atoms with E-state index in [1.807, 2.05) is 13.8 Å². The number of hydrogen-bond acceptors (Lipinski definition) is 1. The molecule has 0 aromatic heterocycles. The van der Waals surface area contributed by atoms with E-state index >= 15 is 0 Å². The van der Waals surface area contributed by atoms with Crippen molar-refractivity contribution in [2.24, 2.45) is 0 Å². The van der Waals surface area contributed by atoms with Crippen molar-refractivity contribution in [2.45, 2.75) is 13.8 Å². The summed E-state index contributed by atoms with van der Waals surface area (Å²) in [7, 11) is 0. The van der Waals surface area contributed by atoms with Gasteiger partial charge < -0.3 is 4.74 Å². The largest absolute Gasteiger partial charge is 0.382 e. The molecule has 0 aromatic carbocycles. The maximum Gasteiger partial charge on any atom is 0.0437 e. The van der Waals surface area contributed by atoms with Gasteiger partial charge in [0.25, 0.3) is 0 Å². The third kappa shape index (κ3) is 69.7. The SMILES string of the molecule is CCOCC.Cl.Cl.Cl.Cl.[Al].[Ti]. The Hall–Kier alpha value is 2.37. The summed E-state index contributed by atoms with van der Waals surface area (Å²) >= 11 is 0. The van der Waals surface area contributed by atoms with Crippen LogP contribution in [0.4, 0.5) is 0 Å². The molecule has 0 unspecified atom stereocenters. The van der Waals surface area contributed by atoms with Crippen LogP contribution in [0, 0.1) is 0 Å². The van der Waals surface area contributed by atoms with Crippen molar-refractivity contribution in [2.75, 3.05) is 13.2 Å². The molecule has 0 amide bonds. The molecular formula is C4H14AlCl4OTi. The van der Waals surface area contributed by atoms with E-state index in [1.165, 1.54) is 0 Å². The van der Waals surface area contributed by atoms with E-state index in [2.05, 4.69) is 0 Å². The smallest absolute Gasteiger partial charge is 0.0437 e. The molecule has 1 nitrogen and oxygen atoms in total. The Bertz CT molecular complexity index is 29.6. The van der Waals surface area contributed by atoms with Crippen LogP contribution in [0.25, 0.3) is 0 Å². The first-order chi connectivity index (χ1) is 2.41. The molecule has 0 bridgehead atoms. The minimum absolute atomic E-state index is 0. The van der Waals surface area contributed by atoms with E-state index in [-0.39, 0.29) is 88.7 Å². The van der Waals surface area contributed by atoms with E-state index in [9.17, 15) is 0 Å². The monoisotopic (exact) mass is 293 g/mol. The van der Waals surface area contributed by atoms with E-state index in [0.29, 0.717) is 0 Å². The molecule has 0 heterocycles. The van der Waals surface area contributed by atoms with Crippen molar-refractivity contribution < 1.29 is 26.5 Å². The van der Waals surface area contributed by atoms with Gasteiger partial charge in [-0.3, -0.25) is 0 Å². The second kappa shape index (κ2) is 55.5. The fourth-order valence-electron chi connectivity index (χ4n) is 0.204. The summed E-state index contributed by atoms with van der Waals surface area (Å²) in [6.07, 6.45) is 0. The fraction of sp³-hybridized carbons (Fsp3) is 1.00. The van der Waals surface area contributed by atoms with Crippen LogP contribution in [-0.4, -0.2) is 30.6 Å². The van der Waals surface area contributed by atoms with Gasteiger partial charge in [0.05, 0.1) is 0 Å². The van der Waals surface area contributed by atoms with Gasteiger partial charge in [-0.15, -0.1) is 49.6 Å². The van der Waals surface area contributed by atoms with Gasteiger partial charge in [-0.1, -0.05) is 0 Å². The Morgan fingerprint density at radius 1 is 0.818 bits per heavy atom. The second-order valence-corrected chi connectivity index (χ2v) is 0.781. The first-order valence-corrected chi connectivity index (χ1v) is 1.99. The maximum atomic E-state index is 4.83. The molecule has 0 rings (SSSR count). The number of rotatable bonds is 2. The van der Waals surface area contributed by atoms with E-state index < -0.39 is 0 Å². The van der Waals surface area contributed by atoms with Gasteiger partial charge >= 0.3 is 0 Å². The first kappa shape index (κ1) is 50.4. The third-order valence-electron chi connectivity index (χ3n) is 0.408. The van der Waals surface area contributed by atoms with Crippen LogP contribution in [-0.2, 0) is 26.5 Å². The molecule has 0 saturated heterocycles. The van der Waals surface area contributed by atoms with Crippen LogP contribution in [0.3, 0.4) is 0 Å². The summed E-state index contributed by atoms with van der Waals surface area (Å²) < 4.78 is 4.83. The molecule has 0 aliphatic rings. The minimum atomic E-state index is 0. The molecule has 0 aliphatic heterocycles. The minimum Gasteiger partial charge on any atom is -0.382 e. The second-order valence-electron chi connectivity index (χ2n) is 0.781. The average Bonchev–Trinajstić information content (AvgIpc) is 1.41. The van der Waals surface area contributed by atoms with Crippen LogP contribution < -0.4 is 0 Å². The quantitative estimate of drug-likeness (QED) is 0.711. The molecule has 0 fully saturated rings. The van der Waals surface area contributed by atoms with Crippen molar-refractivity contribution in [3.05, 3.63) is 0 Å². The number of hydrogen-bond donors (Lipinski definition) is 0. The molecule has 7 heteroatoms. The van der Waals surface area contributed by atoms with Crippen molar-refractivity contribution in [3.63, 3.8) is 0 Å². The Kier molecular flexibility index (Phi) is 254. The van der Waals surface area contributed by atoms with Crippen LogP contribution in [0.1, 0.15) is 13.8 Å². The molecule has 0 N–H and O–H groups in total. The predicted octanol–water partition coefficient (Wildman–Crippen LogP) is 2.35. The molecule has 3 radical (unpaired) electrons. The summed E-state index contributed by atoms with van der Waals surface area (Å²) in [6.45, 7) is 5.67. The van der Waals surface area contributed by atoms with Crippen molar-refractivity contribution >= 4 is 67.0 Å². The topological polar surface area (TPSA) is 9.23 Å². The Balaban J connectivity index is -0.00000000533. The van der Waals surface area contributed by atoms with Crippen molar-refractivity contribution in [1.82, 2.24) is 0 Å². The van der Waals surface area contributed by atoms with Gasteiger partial charge in [0.1, 0.15) is 0 Å². The zero-order chi connectivity index (χ0) is 4.12. The zero-order valence-electron chi connectivity index (χ0n) is 6.53. The predicted molar refractivity (Wildman–Crippen MR) is 56.9 cm³/mol. The molecular weight excluding hydrogens is 281 g/mol. The Morgan fingerprint density at radius 2 is 1.00 bits per heavy atom. The Labute approximate surface area is 119 Å². The van der Waals surface area contributed by atoms with Crippen molar-refractivity contribution in [1.29, 1.82) is 0 Å². The van der Waals surface area contributed by atoms with Crippen LogP contribution >= 0.6 is 49.6 Å². The van der Waals surface area contributed by atoms with Gasteiger partial charge in [-0.05, 0) is 13.8 Å².